The van der Waals surface area contributed by atoms with E-state index in [9.17, 15) is 26.4 Å². The largest absolute Gasteiger partial charge is 0.573 e. The number of alkyl halides is 3. The zero-order chi connectivity index (χ0) is 17.8. The van der Waals surface area contributed by atoms with Crippen LogP contribution < -0.4 is 10.1 Å². The molecule has 0 spiro atoms. The van der Waals surface area contributed by atoms with Gasteiger partial charge in [0.25, 0.3) is 0 Å². The summed E-state index contributed by atoms with van der Waals surface area (Å²) in [6.07, 6.45) is -3.92. The summed E-state index contributed by atoms with van der Waals surface area (Å²) in [5.74, 6) is -1.29. The third-order valence-electron chi connectivity index (χ3n) is 4.44. The van der Waals surface area contributed by atoms with Crippen molar-refractivity contribution in [2.75, 3.05) is 18.9 Å². The topological polar surface area (TPSA) is 75.7 Å². The zero-order valence-corrected chi connectivity index (χ0v) is 13.4. The van der Waals surface area contributed by atoms with Crippen molar-refractivity contribution in [3.8, 4) is 5.75 Å². The van der Waals surface area contributed by atoms with E-state index in [-0.39, 0.29) is 18.0 Å². The van der Waals surface area contributed by atoms with Gasteiger partial charge in [0.2, 0.25) is 15.9 Å². The minimum Gasteiger partial charge on any atom is -0.406 e. The molecule has 24 heavy (non-hydrogen) atoms. The molecule has 1 aliphatic heterocycles. The maximum atomic E-state index is 12.5. The van der Waals surface area contributed by atoms with Gasteiger partial charge in [-0.2, -0.15) is 0 Å². The van der Waals surface area contributed by atoms with Crippen molar-refractivity contribution < 1.29 is 31.1 Å². The van der Waals surface area contributed by atoms with Crippen LogP contribution in [0.4, 0.5) is 18.9 Å². The van der Waals surface area contributed by atoms with Crippen molar-refractivity contribution >= 4 is 21.6 Å². The molecule has 3 rings (SSSR count). The number of halogens is 3. The molecule has 1 aromatic carbocycles. The van der Waals surface area contributed by atoms with Crippen molar-refractivity contribution in [3.63, 3.8) is 0 Å². The van der Waals surface area contributed by atoms with E-state index in [2.05, 4.69) is 10.1 Å². The fraction of sp³-hybridized carbons (Fsp3) is 0.500. The van der Waals surface area contributed by atoms with Crippen LogP contribution in [0.15, 0.2) is 24.3 Å². The summed E-state index contributed by atoms with van der Waals surface area (Å²) in [4.78, 5) is 12.5. The van der Waals surface area contributed by atoms with Gasteiger partial charge in [0.1, 0.15) is 5.75 Å². The fourth-order valence-electron chi connectivity index (χ4n) is 3.07. The number of carbonyl (C=O) groups is 1. The molecule has 10 heteroatoms. The molecule has 6 nitrogen and oxygen atoms in total. The van der Waals surface area contributed by atoms with Crippen LogP contribution in [0.5, 0.6) is 5.75 Å². The van der Waals surface area contributed by atoms with E-state index < -0.39 is 32.8 Å². The van der Waals surface area contributed by atoms with Gasteiger partial charge in [0.05, 0.1) is 0 Å². The number of fused-ring (bicyclic) bond motifs is 1. The van der Waals surface area contributed by atoms with Crippen LogP contribution >= 0.6 is 0 Å². The Morgan fingerprint density at radius 1 is 1.33 bits per heavy atom. The van der Waals surface area contributed by atoms with Crippen molar-refractivity contribution in [3.05, 3.63) is 24.3 Å². The normalized spacial score (nSPS) is 28.8. The van der Waals surface area contributed by atoms with Crippen molar-refractivity contribution in [2.45, 2.75) is 24.0 Å². The van der Waals surface area contributed by atoms with Gasteiger partial charge in [0.15, 0.2) is 4.75 Å². The lowest BCUT2D eigenvalue weighted by Gasteiger charge is -2.28. The molecule has 1 saturated carbocycles. The predicted molar refractivity (Wildman–Crippen MR) is 78.8 cm³/mol. The molecule has 0 aromatic heterocycles. The highest BCUT2D eigenvalue weighted by molar-refractivity contribution is 7.91. The summed E-state index contributed by atoms with van der Waals surface area (Å²) < 4.78 is 64.7. The van der Waals surface area contributed by atoms with Gasteiger partial charge >= 0.3 is 6.36 Å². The van der Waals surface area contributed by atoms with Crippen molar-refractivity contribution in [1.29, 1.82) is 0 Å². The highest BCUT2D eigenvalue weighted by Crippen LogP contribution is 2.56. The molecule has 0 radical (unpaired) electrons. The molecule has 2 aliphatic rings. The Morgan fingerprint density at radius 3 is 2.54 bits per heavy atom. The summed E-state index contributed by atoms with van der Waals surface area (Å²) >= 11 is 0. The number of hydrogen-bond acceptors (Lipinski definition) is 4. The molecule has 132 valence electrons. The Balaban J connectivity index is 1.74. The van der Waals surface area contributed by atoms with E-state index in [0.717, 1.165) is 12.1 Å². The molecule has 0 bridgehead atoms. The number of nitrogens with zero attached hydrogens (tertiary/aromatic N) is 1. The molecule has 2 fully saturated rings. The summed E-state index contributed by atoms with van der Waals surface area (Å²) in [5, 5.41) is 2.48. The lowest BCUT2D eigenvalue weighted by molar-refractivity contribution is -0.274. The average Bonchev–Trinajstić information content (AvgIpc) is 3.21. The predicted octanol–water partition coefficient (Wildman–Crippen LogP) is 1.95. The minimum atomic E-state index is -4.80. The summed E-state index contributed by atoms with van der Waals surface area (Å²) in [6, 6.07) is 4.55. The van der Waals surface area contributed by atoms with Crippen LogP contribution in [0.2, 0.25) is 0 Å². The van der Waals surface area contributed by atoms with Crippen molar-refractivity contribution in [2.24, 2.45) is 5.92 Å². The highest BCUT2D eigenvalue weighted by Gasteiger charge is 2.71. The number of sulfonamides is 1. The van der Waals surface area contributed by atoms with Crippen molar-refractivity contribution in [1.82, 2.24) is 4.31 Å². The molecule has 1 aliphatic carbocycles. The smallest absolute Gasteiger partial charge is 0.406 e. The van der Waals surface area contributed by atoms with Crippen LogP contribution in [0.3, 0.4) is 0 Å². The first-order valence-corrected chi connectivity index (χ1v) is 8.63. The molecule has 1 N–H and O–H groups in total. The lowest BCUT2D eigenvalue weighted by atomic mass is 10.2. The molecule has 1 aromatic rings. The standard InChI is InChI=1S/C14H15F3N2O4S/c1-19-7-6-9-8-13(9,24(19,21)22)12(20)18-10-2-4-11(5-3-10)23-14(15,16)17/h2-5,9H,6-8H2,1H3,(H,18,20)/t9-,13+/m1/s1. The summed E-state index contributed by atoms with van der Waals surface area (Å²) in [7, 11) is -2.30. The molecule has 1 amide bonds. The maximum Gasteiger partial charge on any atom is 0.573 e. The van der Waals surface area contributed by atoms with E-state index in [0.29, 0.717) is 13.0 Å². The van der Waals surface area contributed by atoms with E-state index >= 15 is 0 Å². The minimum absolute atomic E-state index is 0.206. The third kappa shape index (κ3) is 2.73. The number of amides is 1. The first kappa shape index (κ1) is 17.0. The number of rotatable bonds is 3. The summed E-state index contributed by atoms with van der Waals surface area (Å²) in [6.45, 7) is 0.380. The Morgan fingerprint density at radius 2 is 1.96 bits per heavy atom. The van der Waals surface area contributed by atoms with Gasteiger partial charge in [-0.1, -0.05) is 0 Å². The van der Waals surface area contributed by atoms with Crippen LogP contribution in [0, 0.1) is 5.92 Å². The second kappa shape index (κ2) is 5.35. The molecular formula is C14H15F3N2O4S. The number of nitrogens with one attached hydrogen (secondary N) is 1. The number of anilines is 1. The second-order valence-electron chi connectivity index (χ2n) is 5.93. The van der Waals surface area contributed by atoms with Gasteiger partial charge in [-0.25, -0.2) is 12.7 Å². The van der Waals surface area contributed by atoms with Crippen LogP contribution in [0.1, 0.15) is 12.8 Å². The lowest BCUT2D eigenvalue weighted by Crippen LogP contribution is -2.50. The van der Waals surface area contributed by atoms with E-state index in [4.69, 9.17) is 0 Å². The number of benzene rings is 1. The quantitative estimate of drug-likeness (QED) is 0.890. The molecule has 1 heterocycles. The first-order chi connectivity index (χ1) is 11.1. The van der Waals surface area contributed by atoms with Crippen LogP contribution in [0.25, 0.3) is 0 Å². The van der Waals surface area contributed by atoms with Gasteiger partial charge in [-0.15, -0.1) is 13.2 Å². The van der Waals surface area contributed by atoms with Gasteiger partial charge < -0.3 is 10.1 Å². The molecule has 2 atom stereocenters. The first-order valence-electron chi connectivity index (χ1n) is 7.19. The van der Waals surface area contributed by atoms with Gasteiger partial charge in [0, 0.05) is 19.3 Å². The molecule has 1 saturated heterocycles. The van der Waals surface area contributed by atoms with E-state index in [1.54, 1.807) is 0 Å². The van der Waals surface area contributed by atoms with E-state index in [1.165, 1.54) is 23.5 Å². The monoisotopic (exact) mass is 364 g/mol. The second-order valence-corrected chi connectivity index (χ2v) is 8.23. The third-order valence-corrected chi connectivity index (χ3v) is 7.05. The molecular weight excluding hydrogens is 349 g/mol. The Kier molecular flexibility index (Phi) is 3.79. The Bertz CT molecular complexity index is 763. The maximum absolute atomic E-state index is 12.5. The number of hydrogen-bond donors (Lipinski definition) is 1. The average molecular weight is 364 g/mol. The Hall–Kier alpha value is -1.81. The SMILES string of the molecule is CN1CC[C@@H]2C[C@]2(C(=O)Nc2ccc(OC(F)(F)F)cc2)S1(=O)=O. The van der Waals surface area contributed by atoms with Gasteiger partial charge in [-0.05, 0) is 43.0 Å². The summed E-state index contributed by atoms with van der Waals surface area (Å²) in [5.41, 5.74) is 0.206. The molecule has 0 unspecified atom stereocenters. The Labute approximate surface area is 136 Å². The van der Waals surface area contributed by atoms with E-state index in [1.807, 2.05) is 0 Å². The van der Waals surface area contributed by atoms with Crippen LogP contribution in [-0.4, -0.2) is 43.3 Å². The number of ether oxygens (including phenoxy) is 1. The highest BCUT2D eigenvalue weighted by atomic mass is 32.2. The fourth-order valence-corrected chi connectivity index (χ4v) is 5.20. The number of carbonyl (C=O) groups excluding carboxylic acids is 1. The van der Waals surface area contributed by atoms with Crippen LogP contribution in [-0.2, 0) is 14.8 Å². The zero-order valence-electron chi connectivity index (χ0n) is 12.6. The van der Waals surface area contributed by atoms with Gasteiger partial charge in [-0.3, -0.25) is 4.79 Å².